The normalized spacial score (nSPS) is 10.8. The Morgan fingerprint density at radius 1 is 0.658 bits per heavy atom. The average molecular weight is 641 g/mol. The van der Waals surface area contributed by atoms with Gasteiger partial charge in [-0.1, -0.05) is 0 Å². The van der Waals surface area contributed by atoms with Crippen LogP contribution in [0.25, 0.3) is 0 Å². The molecular weight excluding hydrogens is 611 g/mol. The number of hydrogen-bond donors (Lipinski definition) is 0. The zero-order valence-corrected chi connectivity index (χ0v) is 26.8. The van der Waals surface area contributed by atoms with Gasteiger partial charge in [-0.3, -0.25) is 0 Å². The monoisotopic (exact) mass is 640 g/mol. The molecule has 0 N–H and O–H groups in total. The van der Waals surface area contributed by atoms with Gasteiger partial charge >= 0.3 is 12.2 Å². The molecule has 0 unspecified atom stereocenters. The molecule has 2 amide bonds. The van der Waals surface area contributed by atoms with Crippen LogP contribution in [0.15, 0.2) is 34.1 Å². The van der Waals surface area contributed by atoms with Gasteiger partial charge in [0.2, 0.25) is 0 Å². The average Bonchev–Trinajstić information content (AvgIpc) is 2.87. The van der Waals surface area contributed by atoms with Gasteiger partial charge in [0.05, 0.1) is 0 Å². The Bertz CT molecular complexity index is 1020. The van der Waals surface area contributed by atoms with Crippen LogP contribution in [0.1, 0.15) is 38.8 Å². The fourth-order valence-corrected chi connectivity index (χ4v) is 14.4. The Morgan fingerprint density at radius 2 is 1.00 bits per heavy atom. The van der Waals surface area contributed by atoms with Crippen LogP contribution in [0.3, 0.4) is 0 Å². The number of aryl methyl sites for hydroxylation is 2. The lowest BCUT2D eigenvalue weighted by atomic mass is 10.2. The first-order chi connectivity index (χ1) is 18.1. The first-order valence-corrected chi connectivity index (χ1v) is 19.2. The van der Waals surface area contributed by atoms with E-state index in [1.165, 1.54) is 82.8 Å². The summed E-state index contributed by atoms with van der Waals surface area (Å²) in [4.78, 5) is 29.0. The molecule has 0 atom stereocenters. The van der Waals surface area contributed by atoms with E-state index in [9.17, 15) is 18.4 Å². The molecule has 210 valence electrons. The van der Waals surface area contributed by atoms with Gasteiger partial charge in [-0.15, -0.1) is 0 Å². The van der Waals surface area contributed by atoms with Crippen LogP contribution in [0.2, 0.25) is 0 Å². The summed E-state index contributed by atoms with van der Waals surface area (Å²) in [6.45, 7) is 12.8. The minimum absolute atomic E-state index is 0.0949. The number of benzene rings is 2. The molecule has 0 aliphatic rings. The molecule has 0 aliphatic carbocycles. The van der Waals surface area contributed by atoms with E-state index in [1.807, 2.05) is 27.7 Å². The molecule has 0 spiro atoms. The highest BCUT2D eigenvalue weighted by atomic mass is 33.9. The number of amides is 2. The molecule has 2 rings (SSSR count). The maximum absolute atomic E-state index is 14.4. The lowest BCUT2D eigenvalue weighted by Gasteiger charge is -2.18. The summed E-state index contributed by atoms with van der Waals surface area (Å²) in [5, 5.41) is 0. The third kappa shape index (κ3) is 9.84. The molecule has 0 saturated carbocycles. The molecule has 2 aromatic rings. The van der Waals surface area contributed by atoms with Crippen LogP contribution in [-0.2, 0) is 0 Å². The van der Waals surface area contributed by atoms with E-state index >= 15 is 0 Å². The number of hydrogen-bond acceptors (Lipinski definition) is 10. The van der Waals surface area contributed by atoms with E-state index in [1.54, 1.807) is 26.0 Å². The molecule has 0 bridgehead atoms. The Hall–Kier alpha value is -1.06. The molecule has 0 radical (unpaired) electrons. The zero-order valence-electron chi connectivity index (χ0n) is 21.9. The lowest BCUT2D eigenvalue weighted by Crippen LogP contribution is -2.33. The van der Waals surface area contributed by atoms with Crippen LogP contribution < -0.4 is 9.47 Å². The smallest absolute Gasteiger partial charge is 0.407 e. The highest BCUT2D eigenvalue weighted by Crippen LogP contribution is 2.56. The molecular formula is C24H30F2N2O4S6. The maximum atomic E-state index is 14.4. The van der Waals surface area contributed by atoms with Gasteiger partial charge in [-0.25, -0.2) is 18.4 Å². The second-order valence-corrected chi connectivity index (χ2v) is 16.9. The van der Waals surface area contributed by atoms with Crippen molar-refractivity contribution in [1.82, 2.24) is 9.80 Å². The summed E-state index contributed by atoms with van der Waals surface area (Å²) in [7, 11) is 8.86. The SMILES string of the molecule is CCN(CC)C(=O)Oc1cc(SSSSSSc2cc(OC(=O)N(CC)CC)c(F)cc2C)c(C)cc1F. The lowest BCUT2D eigenvalue weighted by molar-refractivity contribution is 0.154. The maximum Gasteiger partial charge on any atom is 0.415 e. The van der Waals surface area contributed by atoms with E-state index in [0.717, 1.165) is 20.9 Å². The Morgan fingerprint density at radius 3 is 1.32 bits per heavy atom. The predicted octanol–water partition coefficient (Wildman–Crippen LogP) is 9.66. The first-order valence-electron chi connectivity index (χ1n) is 11.7. The van der Waals surface area contributed by atoms with E-state index < -0.39 is 23.8 Å². The quantitative estimate of drug-likeness (QED) is 0.156. The summed E-state index contributed by atoms with van der Waals surface area (Å²) in [6.07, 6.45) is -1.16. The van der Waals surface area contributed by atoms with Crippen molar-refractivity contribution in [3.05, 3.63) is 47.0 Å². The molecule has 0 heterocycles. The van der Waals surface area contributed by atoms with Crippen molar-refractivity contribution >= 4 is 73.1 Å². The summed E-state index contributed by atoms with van der Waals surface area (Å²) in [5.74, 6) is -1.35. The third-order valence-corrected chi connectivity index (χ3v) is 16.0. The van der Waals surface area contributed by atoms with Crippen molar-refractivity contribution in [2.75, 3.05) is 26.2 Å². The standard InChI is InChI=1S/C24H30F2N2O4S6/c1-7-27(8-2)23(29)31-19-13-21(15(5)11-17(19)25)33-35-37-38-36-34-22-14-20(18(26)12-16(22)6)32-24(30)28(9-3)10-4/h11-14H,7-10H2,1-6H3. The molecule has 2 aromatic carbocycles. The number of ether oxygens (including phenoxy) is 2. The fourth-order valence-electron chi connectivity index (χ4n) is 3.01. The minimum Gasteiger partial charge on any atom is -0.407 e. The predicted molar refractivity (Wildman–Crippen MR) is 162 cm³/mol. The van der Waals surface area contributed by atoms with Crippen molar-refractivity contribution < 1.29 is 27.8 Å². The highest BCUT2D eigenvalue weighted by molar-refractivity contribution is 9.41. The van der Waals surface area contributed by atoms with Crippen molar-refractivity contribution in [3.63, 3.8) is 0 Å². The largest absolute Gasteiger partial charge is 0.415 e. The number of rotatable bonds is 13. The number of nitrogens with zero attached hydrogens (tertiary/aromatic N) is 2. The van der Waals surface area contributed by atoms with Crippen molar-refractivity contribution in [2.24, 2.45) is 0 Å². The van der Waals surface area contributed by atoms with E-state index in [4.69, 9.17) is 9.47 Å². The van der Waals surface area contributed by atoms with Crippen LogP contribution in [0.5, 0.6) is 11.5 Å². The number of carbonyl (C=O) groups excluding carboxylic acids is 2. The summed E-state index contributed by atoms with van der Waals surface area (Å²) in [5.41, 5.74) is 1.48. The summed E-state index contributed by atoms with van der Waals surface area (Å²) >= 11 is 0. The van der Waals surface area contributed by atoms with Crippen LogP contribution in [-0.4, -0.2) is 48.2 Å². The van der Waals surface area contributed by atoms with E-state index in [0.29, 0.717) is 26.2 Å². The van der Waals surface area contributed by atoms with Crippen LogP contribution >= 0.6 is 60.9 Å². The number of halogens is 2. The van der Waals surface area contributed by atoms with Gasteiger partial charge in [-0.2, -0.15) is 0 Å². The molecule has 0 saturated heterocycles. The van der Waals surface area contributed by atoms with Gasteiger partial charge in [0.25, 0.3) is 0 Å². The molecule has 38 heavy (non-hydrogen) atoms. The van der Waals surface area contributed by atoms with Gasteiger partial charge in [0, 0.05) is 36.0 Å². The van der Waals surface area contributed by atoms with E-state index in [2.05, 4.69) is 0 Å². The summed E-state index contributed by atoms with van der Waals surface area (Å²) < 4.78 is 39.3. The Labute approximate surface area is 245 Å². The topological polar surface area (TPSA) is 59.1 Å². The van der Waals surface area contributed by atoms with Crippen LogP contribution in [0, 0.1) is 25.5 Å². The minimum atomic E-state index is -0.582. The Kier molecular flexibility index (Phi) is 14.7. The van der Waals surface area contributed by atoms with Crippen molar-refractivity contribution in [1.29, 1.82) is 0 Å². The number of carbonyl (C=O) groups is 2. The van der Waals surface area contributed by atoms with Crippen molar-refractivity contribution in [3.8, 4) is 11.5 Å². The summed E-state index contributed by atoms with van der Waals surface area (Å²) in [6, 6.07) is 5.80. The second-order valence-electron chi connectivity index (χ2n) is 7.62. The molecule has 14 heteroatoms. The van der Waals surface area contributed by atoms with Gasteiger partial charge in [0.1, 0.15) is 0 Å². The third-order valence-electron chi connectivity index (χ3n) is 5.23. The second kappa shape index (κ2) is 16.9. The Balaban J connectivity index is 1.89. The first kappa shape index (κ1) is 33.1. The molecule has 6 nitrogen and oxygen atoms in total. The molecule has 0 fully saturated rings. The van der Waals surface area contributed by atoms with Gasteiger partial charge < -0.3 is 19.3 Å². The fraction of sp³-hybridized carbons (Fsp3) is 0.417. The molecule has 0 aromatic heterocycles. The van der Waals surface area contributed by atoms with E-state index in [-0.39, 0.29) is 11.5 Å². The van der Waals surface area contributed by atoms with Crippen molar-refractivity contribution in [2.45, 2.75) is 51.3 Å². The van der Waals surface area contributed by atoms with Gasteiger partial charge in [0.15, 0.2) is 23.1 Å². The van der Waals surface area contributed by atoms with Gasteiger partial charge in [-0.05, 0) is 138 Å². The highest BCUT2D eigenvalue weighted by Gasteiger charge is 2.18. The zero-order chi connectivity index (χ0) is 28.2. The molecule has 0 aliphatic heterocycles. The van der Waals surface area contributed by atoms with Crippen LogP contribution in [0.4, 0.5) is 18.4 Å².